The fraction of sp³-hybridized carbons (Fsp3) is 0.176. The summed E-state index contributed by atoms with van der Waals surface area (Å²) in [6, 6.07) is 14.7. The number of esters is 1. The van der Waals surface area contributed by atoms with Crippen molar-refractivity contribution >= 4 is 17.4 Å². The number of hydrogen-bond donors (Lipinski definition) is 1. The van der Waals surface area contributed by atoms with Crippen molar-refractivity contribution in [3.8, 4) is 11.1 Å². The lowest BCUT2D eigenvalue weighted by atomic mass is 9.96. The van der Waals surface area contributed by atoms with E-state index in [1.54, 1.807) is 19.1 Å². The second-order valence-electron chi connectivity index (χ2n) is 4.39. The SMILES string of the molecule is CCOC(=O)C(=O)c1ccccc1-c1ccccc1NC. The topological polar surface area (TPSA) is 55.4 Å². The van der Waals surface area contributed by atoms with Crippen molar-refractivity contribution in [2.24, 2.45) is 0 Å². The Bertz CT molecular complexity index is 665. The number of anilines is 1. The van der Waals surface area contributed by atoms with Gasteiger partial charge in [-0.2, -0.15) is 0 Å². The van der Waals surface area contributed by atoms with E-state index in [1.807, 2.05) is 43.4 Å². The minimum absolute atomic E-state index is 0.180. The molecule has 2 aromatic rings. The quantitative estimate of drug-likeness (QED) is 0.520. The molecule has 0 radical (unpaired) electrons. The Morgan fingerprint density at radius 1 is 1.00 bits per heavy atom. The molecule has 0 heterocycles. The average Bonchev–Trinajstić information content (AvgIpc) is 2.54. The van der Waals surface area contributed by atoms with E-state index in [4.69, 9.17) is 4.74 Å². The maximum atomic E-state index is 12.2. The third kappa shape index (κ3) is 3.11. The summed E-state index contributed by atoms with van der Waals surface area (Å²) in [5.74, 6) is -1.45. The number of benzene rings is 2. The molecule has 0 aliphatic rings. The predicted octanol–water partition coefficient (Wildman–Crippen LogP) is 3.14. The molecule has 4 heteroatoms. The van der Waals surface area contributed by atoms with Gasteiger partial charge in [-0.3, -0.25) is 4.79 Å². The summed E-state index contributed by atoms with van der Waals surface area (Å²) in [5.41, 5.74) is 2.81. The van der Waals surface area contributed by atoms with E-state index in [0.717, 1.165) is 11.3 Å². The molecule has 108 valence electrons. The molecule has 0 atom stereocenters. The Kier molecular flexibility index (Phi) is 4.72. The van der Waals surface area contributed by atoms with Gasteiger partial charge in [-0.05, 0) is 18.6 Å². The van der Waals surface area contributed by atoms with Gasteiger partial charge in [0, 0.05) is 23.9 Å². The number of nitrogens with one attached hydrogen (secondary N) is 1. The van der Waals surface area contributed by atoms with Crippen LogP contribution in [0.1, 0.15) is 17.3 Å². The summed E-state index contributed by atoms with van der Waals surface area (Å²) in [4.78, 5) is 23.9. The highest BCUT2D eigenvalue weighted by Gasteiger charge is 2.21. The summed E-state index contributed by atoms with van der Waals surface area (Å²) in [5, 5.41) is 3.09. The normalized spacial score (nSPS) is 10.0. The number of Topliss-reactive ketones (excluding diaryl/α,β-unsaturated/α-hetero) is 1. The maximum absolute atomic E-state index is 12.2. The van der Waals surface area contributed by atoms with Crippen LogP contribution in [0.25, 0.3) is 11.1 Å². The smallest absolute Gasteiger partial charge is 0.379 e. The van der Waals surface area contributed by atoms with Crippen LogP contribution in [0.3, 0.4) is 0 Å². The Balaban J connectivity index is 2.51. The van der Waals surface area contributed by atoms with Gasteiger partial charge in [-0.25, -0.2) is 4.79 Å². The molecule has 0 amide bonds. The molecule has 21 heavy (non-hydrogen) atoms. The van der Waals surface area contributed by atoms with Gasteiger partial charge < -0.3 is 10.1 Å². The minimum Gasteiger partial charge on any atom is -0.460 e. The van der Waals surface area contributed by atoms with Crippen molar-refractivity contribution in [2.75, 3.05) is 19.0 Å². The predicted molar refractivity (Wildman–Crippen MR) is 82.4 cm³/mol. The number of ether oxygens (including phenoxy) is 1. The van der Waals surface area contributed by atoms with Crippen LogP contribution in [0.15, 0.2) is 48.5 Å². The molecular formula is C17H17NO3. The van der Waals surface area contributed by atoms with Crippen molar-refractivity contribution in [2.45, 2.75) is 6.92 Å². The van der Waals surface area contributed by atoms with E-state index < -0.39 is 11.8 Å². The summed E-state index contributed by atoms with van der Waals surface area (Å²) in [6.07, 6.45) is 0. The van der Waals surface area contributed by atoms with E-state index in [1.165, 1.54) is 0 Å². The van der Waals surface area contributed by atoms with Crippen molar-refractivity contribution in [3.05, 3.63) is 54.1 Å². The fourth-order valence-electron chi connectivity index (χ4n) is 2.16. The molecule has 0 saturated carbocycles. The van der Waals surface area contributed by atoms with Crippen LogP contribution in [0.4, 0.5) is 5.69 Å². The summed E-state index contributed by atoms with van der Waals surface area (Å²) in [6.45, 7) is 1.85. The molecule has 4 nitrogen and oxygen atoms in total. The lowest BCUT2D eigenvalue weighted by molar-refractivity contribution is -0.137. The van der Waals surface area contributed by atoms with Gasteiger partial charge in [0.15, 0.2) is 0 Å². The average molecular weight is 283 g/mol. The van der Waals surface area contributed by atoms with Crippen LogP contribution in [-0.2, 0) is 9.53 Å². The fourth-order valence-corrected chi connectivity index (χ4v) is 2.16. The first-order valence-corrected chi connectivity index (χ1v) is 6.76. The largest absolute Gasteiger partial charge is 0.460 e. The van der Waals surface area contributed by atoms with Gasteiger partial charge in [0.2, 0.25) is 0 Å². The first kappa shape index (κ1) is 14.8. The zero-order chi connectivity index (χ0) is 15.2. The minimum atomic E-state index is -0.827. The van der Waals surface area contributed by atoms with E-state index in [9.17, 15) is 9.59 Å². The van der Waals surface area contributed by atoms with Gasteiger partial charge in [-0.15, -0.1) is 0 Å². The van der Waals surface area contributed by atoms with Crippen molar-refractivity contribution in [1.29, 1.82) is 0 Å². The first-order chi connectivity index (χ1) is 10.2. The van der Waals surface area contributed by atoms with Crippen molar-refractivity contribution < 1.29 is 14.3 Å². The van der Waals surface area contributed by atoms with Gasteiger partial charge in [0.05, 0.1) is 6.61 Å². The van der Waals surface area contributed by atoms with Gasteiger partial charge >= 0.3 is 5.97 Å². The van der Waals surface area contributed by atoms with Crippen LogP contribution in [0.5, 0.6) is 0 Å². The van der Waals surface area contributed by atoms with Gasteiger partial charge in [-0.1, -0.05) is 42.5 Å². The highest BCUT2D eigenvalue weighted by Crippen LogP contribution is 2.30. The zero-order valence-corrected chi connectivity index (χ0v) is 12.1. The van der Waals surface area contributed by atoms with Crippen LogP contribution in [0.2, 0.25) is 0 Å². The molecule has 2 aromatic carbocycles. The lowest BCUT2D eigenvalue weighted by Gasteiger charge is -2.12. The number of carbonyl (C=O) groups is 2. The van der Waals surface area contributed by atoms with E-state index in [2.05, 4.69) is 5.32 Å². The molecule has 0 bridgehead atoms. The number of hydrogen-bond acceptors (Lipinski definition) is 4. The van der Waals surface area contributed by atoms with Crippen LogP contribution in [-0.4, -0.2) is 25.4 Å². The lowest BCUT2D eigenvalue weighted by Crippen LogP contribution is -2.18. The van der Waals surface area contributed by atoms with Crippen molar-refractivity contribution in [1.82, 2.24) is 0 Å². The van der Waals surface area contributed by atoms with Crippen LogP contribution >= 0.6 is 0 Å². The molecule has 0 aliphatic carbocycles. The maximum Gasteiger partial charge on any atom is 0.379 e. The third-order valence-corrected chi connectivity index (χ3v) is 3.12. The van der Waals surface area contributed by atoms with E-state index in [-0.39, 0.29) is 6.61 Å². The van der Waals surface area contributed by atoms with E-state index >= 15 is 0 Å². The van der Waals surface area contributed by atoms with Crippen LogP contribution in [0, 0.1) is 0 Å². The summed E-state index contributed by atoms with van der Waals surface area (Å²) in [7, 11) is 1.81. The Morgan fingerprint density at radius 3 is 2.29 bits per heavy atom. The Labute approximate surface area is 123 Å². The second-order valence-corrected chi connectivity index (χ2v) is 4.39. The number of rotatable bonds is 5. The Morgan fingerprint density at radius 2 is 1.62 bits per heavy atom. The van der Waals surface area contributed by atoms with Crippen molar-refractivity contribution in [3.63, 3.8) is 0 Å². The highest BCUT2D eigenvalue weighted by molar-refractivity contribution is 6.42. The highest BCUT2D eigenvalue weighted by atomic mass is 16.5. The summed E-state index contributed by atoms with van der Waals surface area (Å²) >= 11 is 0. The molecule has 0 spiro atoms. The Hall–Kier alpha value is -2.62. The first-order valence-electron chi connectivity index (χ1n) is 6.76. The van der Waals surface area contributed by atoms with Crippen LogP contribution < -0.4 is 5.32 Å². The third-order valence-electron chi connectivity index (χ3n) is 3.12. The molecule has 0 saturated heterocycles. The van der Waals surface area contributed by atoms with Gasteiger partial charge in [0.25, 0.3) is 5.78 Å². The standard InChI is InChI=1S/C17H17NO3/c1-3-21-17(20)16(19)14-10-5-4-8-12(14)13-9-6-7-11-15(13)18-2/h4-11,18H,3H2,1-2H3. The number of carbonyl (C=O) groups excluding carboxylic acids is 2. The number of para-hydroxylation sites is 1. The molecule has 0 aliphatic heterocycles. The molecule has 0 aromatic heterocycles. The summed E-state index contributed by atoms with van der Waals surface area (Å²) < 4.78 is 4.80. The second kappa shape index (κ2) is 6.70. The number of ketones is 1. The van der Waals surface area contributed by atoms with E-state index in [0.29, 0.717) is 11.1 Å². The molecule has 2 rings (SSSR count). The molecule has 0 unspecified atom stereocenters. The molecule has 0 fully saturated rings. The molecular weight excluding hydrogens is 266 g/mol. The zero-order valence-electron chi connectivity index (χ0n) is 12.1. The van der Waals surface area contributed by atoms with Gasteiger partial charge in [0.1, 0.15) is 0 Å². The monoisotopic (exact) mass is 283 g/mol. The molecule has 1 N–H and O–H groups in total.